The number of methoxy groups -OCH3 is 2. The van der Waals surface area contributed by atoms with Crippen LogP contribution in [0.15, 0.2) is 42.5 Å². The molecule has 2 aromatic rings. The summed E-state index contributed by atoms with van der Waals surface area (Å²) >= 11 is 0. The molecule has 5 heteroatoms. The lowest BCUT2D eigenvalue weighted by Crippen LogP contribution is -2.06. The lowest BCUT2D eigenvalue weighted by atomic mass is 10.3. The topological polar surface area (TPSA) is 36.9 Å². The van der Waals surface area contributed by atoms with Crippen LogP contribution in [-0.2, 0) is 0 Å². The average molecular weight is 306 g/mol. The van der Waals surface area contributed by atoms with Crippen molar-refractivity contribution in [3.05, 3.63) is 48.3 Å². The second kappa shape index (κ2) is 8.12. The van der Waals surface area contributed by atoms with Crippen LogP contribution in [0, 0.1) is 5.82 Å². The smallest absolute Gasteiger partial charge is 0.203 e. The van der Waals surface area contributed by atoms with Crippen molar-refractivity contribution in [1.29, 1.82) is 0 Å². The summed E-state index contributed by atoms with van der Waals surface area (Å²) in [4.78, 5) is 0. The third kappa shape index (κ3) is 4.28. The summed E-state index contributed by atoms with van der Waals surface area (Å²) in [5.74, 6) is 2.18. The van der Waals surface area contributed by atoms with Gasteiger partial charge in [-0.05, 0) is 36.4 Å². The Morgan fingerprint density at radius 1 is 0.818 bits per heavy atom. The number of halogens is 1. The Kier molecular flexibility index (Phi) is 5.89. The SMILES string of the molecule is COc1cccc(OC)c1OCCCOc1ccc(F)cc1. The van der Waals surface area contributed by atoms with E-state index < -0.39 is 0 Å². The maximum absolute atomic E-state index is 12.8. The maximum Gasteiger partial charge on any atom is 0.203 e. The molecule has 0 saturated heterocycles. The van der Waals surface area contributed by atoms with Gasteiger partial charge < -0.3 is 18.9 Å². The van der Waals surface area contributed by atoms with E-state index in [1.54, 1.807) is 26.4 Å². The van der Waals surface area contributed by atoms with Crippen molar-refractivity contribution in [2.45, 2.75) is 6.42 Å². The van der Waals surface area contributed by atoms with Gasteiger partial charge in [0.15, 0.2) is 11.5 Å². The predicted octanol–water partition coefficient (Wildman–Crippen LogP) is 3.69. The van der Waals surface area contributed by atoms with E-state index in [2.05, 4.69) is 0 Å². The molecular formula is C17H19FO4. The molecule has 0 aliphatic carbocycles. The van der Waals surface area contributed by atoms with E-state index in [1.165, 1.54) is 12.1 Å². The van der Waals surface area contributed by atoms with Gasteiger partial charge in [0, 0.05) is 6.42 Å². The second-order valence-corrected chi connectivity index (χ2v) is 4.50. The second-order valence-electron chi connectivity index (χ2n) is 4.50. The molecule has 0 bridgehead atoms. The summed E-state index contributed by atoms with van der Waals surface area (Å²) in [5.41, 5.74) is 0. The fourth-order valence-electron chi connectivity index (χ4n) is 1.91. The van der Waals surface area contributed by atoms with Crippen molar-refractivity contribution in [2.75, 3.05) is 27.4 Å². The molecule has 2 aromatic carbocycles. The summed E-state index contributed by atoms with van der Waals surface area (Å²) in [6.45, 7) is 0.932. The average Bonchev–Trinajstić information content (AvgIpc) is 2.56. The zero-order chi connectivity index (χ0) is 15.8. The molecule has 0 spiro atoms. The lowest BCUT2D eigenvalue weighted by Gasteiger charge is -2.14. The van der Waals surface area contributed by atoms with Gasteiger partial charge in [0.1, 0.15) is 11.6 Å². The zero-order valence-corrected chi connectivity index (χ0v) is 12.7. The molecule has 4 nitrogen and oxygen atoms in total. The molecule has 0 saturated carbocycles. The largest absolute Gasteiger partial charge is 0.493 e. The molecule has 0 fully saturated rings. The van der Waals surface area contributed by atoms with E-state index in [4.69, 9.17) is 18.9 Å². The standard InChI is InChI=1S/C17H19FO4/c1-19-15-5-3-6-16(20-2)17(15)22-12-4-11-21-14-9-7-13(18)8-10-14/h3,5-10H,4,11-12H2,1-2H3. The third-order valence-electron chi connectivity index (χ3n) is 3.00. The van der Waals surface area contributed by atoms with Gasteiger partial charge in [0.05, 0.1) is 27.4 Å². The summed E-state index contributed by atoms with van der Waals surface area (Å²) in [5, 5.41) is 0. The Morgan fingerprint density at radius 2 is 1.41 bits per heavy atom. The molecule has 0 radical (unpaired) electrons. The molecule has 0 aliphatic rings. The summed E-state index contributed by atoms with van der Waals surface area (Å²) in [6.07, 6.45) is 0.679. The van der Waals surface area contributed by atoms with E-state index in [1.807, 2.05) is 18.2 Å². The highest BCUT2D eigenvalue weighted by Crippen LogP contribution is 2.36. The minimum Gasteiger partial charge on any atom is -0.493 e. The van der Waals surface area contributed by atoms with Crippen molar-refractivity contribution in [2.24, 2.45) is 0 Å². The van der Waals surface area contributed by atoms with Crippen LogP contribution in [0.3, 0.4) is 0 Å². The Balaban J connectivity index is 1.80. The molecule has 0 amide bonds. The van der Waals surface area contributed by atoms with E-state index >= 15 is 0 Å². The zero-order valence-electron chi connectivity index (χ0n) is 12.7. The Morgan fingerprint density at radius 3 is 2.00 bits per heavy atom. The highest BCUT2D eigenvalue weighted by molar-refractivity contribution is 5.51. The molecule has 0 N–H and O–H groups in total. The van der Waals surface area contributed by atoms with Gasteiger partial charge in [-0.15, -0.1) is 0 Å². The first-order valence-electron chi connectivity index (χ1n) is 6.96. The van der Waals surface area contributed by atoms with Crippen LogP contribution >= 0.6 is 0 Å². The molecule has 0 aromatic heterocycles. The van der Waals surface area contributed by atoms with Crippen molar-refractivity contribution in [3.63, 3.8) is 0 Å². The van der Waals surface area contributed by atoms with Gasteiger partial charge in [-0.1, -0.05) is 6.07 Å². The van der Waals surface area contributed by atoms with Crippen molar-refractivity contribution in [3.8, 4) is 23.0 Å². The van der Waals surface area contributed by atoms with E-state index in [9.17, 15) is 4.39 Å². The van der Waals surface area contributed by atoms with Crippen LogP contribution < -0.4 is 18.9 Å². The fraction of sp³-hybridized carbons (Fsp3) is 0.294. The highest BCUT2D eigenvalue weighted by Gasteiger charge is 2.10. The van der Waals surface area contributed by atoms with Crippen LogP contribution in [0.2, 0.25) is 0 Å². The van der Waals surface area contributed by atoms with E-state index in [0.29, 0.717) is 42.6 Å². The Labute approximate surface area is 129 Å². The highest BCUT2D eigenvalue weighted by atomic mass is 19.1. The first-order chi connectivity index (χ1) is 10.7. The number of hydrogen-bond donors (Lipinski definition) is 0. The molecule has 0 unspecified atom stereocenters. The molecule has 118 valence electrons. The van der Waals surface area contributed by atoms with Gasteiger partial charge in [0.25, 0.3) is 0 Å². The van der Waals surface area contributed by atoms with Crippen LogP contribution in [0.5, 0.6) is 23.0 Å². The van der Waals surface area contributed by atoms with E-state index in [-0.39, 0.29) is 5.82 Å². The van der Waals surface area contributed by atoms with Crippen LogP contribution in [0.1, 0.15) is 6.42 Å². The minimum atomic E-state index is -0.279. The summed E-state index contributed by atoms with van der Waals surface area (Å²) < 4.78 is 34.5. The first-order valence-corrected chi connectivity index (χ1v) is 6.96. The van der Waals surface area contributed by atoms with E-state index in [0.717, 1.165) is 0 Å². The van der Waals surface area contributed by atoms with Crippen molar-refractivity contribution in [1.82, 2.24) is 0 Å². The third-order valence-corrected chi connectivity index (χ3v) is 3.00. The maximum atomic E-state index is 12.8. The summed E-state index contributed by atoms with van der Waals surface area (Å²) in [7, 11) is 3.17. The van der Waals surface area contributed by atoms with Gasteiger partial charge in [0.2, 0.25) is 5.75 Å². The number of ether oxygens (including phenoxy) is 4. The van der Waals surface area contributed by atoms with Crippen molar-refractivity contribution < 1.29 is 23.3 Å². The van der Waals surface area contributed by atoms with Crippen LogP contribution in [0.25, 0.3) is 0 Å². The Hall–Kier alpha value is -2.43. The Bertz CT molecular complexity index is 561. The molecule has 0 heterocycles. The summed E-state index contributed by atoms with van der Waals surface area (Å²) in [6, 6.07) is 11.4. The quantitative estimate of drug-likeness (QED) is 0.697. The normalized spacial score (nSPS) is 10.1. The first kappa shape index (κ1) is 15.9. The number of benzene rings is 2. The number of hydrogen-bond acceptors (Lipinski definition) is 4. The molecular weight excluding hydrogens is 287 g/mol. The fourth-order valence-corrected chi connectivity index (χ4v) is 1.91. The lowest BCUT2D eigenvalue weighted by molar-refractivity contribution is 0.232. The van der Waals surface area contributed by atoms with Crippen molar-refractivity contribution >= 4 is 0 Å². The number of rotatable bonds is 8. The molecule has 22 heavy (non-hydrogen) atoms. The van der Waals surface area contributed by atoms with Gasteiger partial charge in [-0.3, -0.25) is 0 Å². The number of para-hydroxylation sites is 1. The van der Waals surface area contributed by atoms with Gasteiger partial charge >= 0.3 is 0 Å². The van der Waals surface area contributed by atoms with Gasteiger partial charge in [-0.25, -0.2) is 4.39 Å². The molecule has 0 aliphatic heterocycles. The molecule has 0 atom stereocenters. The molecule has 2 rings (SSSR count). The minimum absolute atomic E-state index is 0.279. The van der Waals surface area contributed by atoms with Crippen LogP contribution in [-0.4, -0.2) is 27.4 Å². The van der Waals surface area contributed by atoms with Crippen LogP contribution in [0.4, 0.5) is 4.39 Å². The predicted molar refractivity (Wildman–Crippen MR) is 81.6 cm³/mol. The van der Waals surface area contributed by atoms with Gasteiger partial charge in [-0.2, -0.15) is 0 Å². The monoisotopic (exact) mass is 306 g/mol.